The zero-order valence-corrected chi connectivity index (χ0v) is 17.5. The van der Waals surface area contributed by atoms with Crippen molar-refractivity contribution in [2.24, 2.45) is 5.41 Å². The summed E-state index contributed by atoms with van der Waals surface area (Å²) in [4.78, 5) is 30.7. The highest BCUT2D eigenvalue weighted by atomic mass is 16.5. The average molecular weight is 394 g/mol. The molecule has 28 heavy (non-hydrogen) atoms. The second-order valence-corrected chi connectivity index (χ2v) is 9.12. The third-order valence-electron chi connectivity index (χ3n) is 6.87. The number of ether oxygens (including phenoxy) is 1. The highest BCUT2D eigenvalue weighted by molar-refractivity contribution is 5.87. The minimum Gasteiger partial charge on any atom is -0.391 e. The number of morpholine rings is 1. The number of piperidine rings is 2. The fourth-order valence-corrected chi connectivity index (χ4v) is 4.72. The molecule has 0 aromatic rings. The molecule has 7 nitrogen and oxygen atoms in total. The smallest absolute Gasteiger partial charge is 0.246 e. The van der Waals surface area contributed by atoms with Gasteiger partial charge in [0.05, 0.1) is 24.9 Å². The third kappa shape index (κ3) is 4.58. The van der Waals surface area contributed by atoms with Crippen LogP contribution in [0.4, 0.5) is 0 Å². The van der Waals surface area contributed by atoms with E-state index in [2.05, 4.69) is 4.90 Å². The first-order valence-corrected chi connectivity index (χ1v) is 10.5. The summed E-state index contributed by atoms with van der Waals surface area (Å²) in [6, 6.07) is 0. The van der Waals surface area contributed by atoms with Gasteiger partial charge in [0, 0.05) is 52.3 Å². The molecule has 158 valence electrons. The summed E-state index contributed by atoms with van der Waals surface area (Å²) >= 11 is 0. The Balaban J connectivity index is 1.53. The Kier molecular flexibility index (Phi) is 6.47. The van der Waals surface area contributed by atoms with Crippen LogP contribution in [0.5, 0.6) is 0 Å². The first kappa shape index (κ1) is 21.3. The van der Waals surface area contributed by atoms with Crippen LogP contribution in [0.2, 0.25) is 0 Å². The zero-order valence-electron chi connectivity index (χ0n) is 17.5. The van der Waals surface area contributed by atoms with Crippen LogP contribution >= 0.6 is 0 Å². The minimum absolute atomic E-state index is 0.00711. The lowest BCUT2D eigenvalue weighted by atomic mass is 9.67. The van der Waals surface area contributed by atoms with Crippen molar-refractivity contribution in [2.75, 3.05) is 52.5 Å². The van der Waals surface area contributed by atoms with Gasteiger partial charge in [-0.05, 0) is 38.5 Å². The van der Waals surface area contributed by atoms with Gasteiger partial charge < -0.3 is 19.6 Å². The van der Waals surface area contributed by atoms with E-state index >= 15 is 0 Å². The molecule has 3 rings (SSSR count). The maximum Gasteiger partial charge on any atom is 0.246 e. The summed E-state index contributed by atoms with van der Waals surface area (Å²) in [5, 5.41) is 10.7. The average Bonchev–Trinajstić information content (AvgIpc) is 2.66. The summed E-state index contributed by atoms with van der Waals surface area (Å²) in [6.07, 6.45) is 5.44. The van der Waals surface area contributed by atoms with E-state index in [4.69, 9.17) is 4.74 Å². The topological polar surface area (TPSA) is 73.3 Å². The molecule has 0 aromatic heterocycles. The van der Waals surface area contributed by atoms with Crippen LogP contribution in [0, 0.1) is 5.41 Å². The molecule has 3 aliphatic heterocycles. The fourth-order valence-electron chi connectivity index (χ4n) is 4.72. The Hall–Kier alpha value is -1.44. The van der Waals surface area contributed by atoms with E-state index in [0.29, 0.717) is 26.1 Å². The summed E-state index contributed by atoms with van der Waals surface area (Å²) in [7, 11) is 0. The van der Waals surface area contributed by atoms with Crippen molar-refractivity contribution in [3.63, 3.8) is 0 Å². The van der Waals surface area contributed by atoms with Crippen molar-refractivity contribution >= 4 is 11.8 Å². The van der Waals surface area contributed by atoms with Gasteiger partial charge in [0.15, 0.2) is 0 Å². The standard InChI is InChI=1S/C21H35N3O4/c1-17(25)24-16-21(15-18(26)20(24,2)3)6-9-23(10-7-21)19(27)5-4-8-22-11-13-28-14-12-22/h4-5,18,26H,6-16H2,1-3H3/b5-4+/t18-/m1/s1. The molecule has 7 heteroatoms. The molecule has 0 unspecified atom stereocenters. The molecule has 3 fully saturated rings. The maximum absolute atomic E-state index is 12.5. The maximum atomic E-state index is 12.5. The predicted molar refractivity (Wildman–Crippen MR) is 107 cm³/mol. The van der Waals surface area contributed by atoms with Gasteiger partial charge in [0.25, 0.3) is 0 Å². The highest BCUT2D eigenvalue weighted by Crippen LogP contribution is 2.45. The zero-order chi connectivity index (χ0) is 20.4. The largest absolute Gasteiger partial charge is 0.391 e. The van der Waals surface area contributed by atoms with Crippen molar-refractivity contribution in [3.8, 4) is 0 Å². The number of carbonyl (C=O) groups excluding carboxylic acids is 2. The Morgan fingerprint density at radius 1 is 1.14 bits per heavy atom. The Bertz CT molecular complexity index is 605. The van der Waals surface area contributed by atoms with Crippen molar-refractivity contribution in [1.82, 2.24) is 14.7 Å². The third-order valence-corrected chi connectivity index (χ3v) is 6.87. The number of amides is 2. The molecule has 1 spiro atoms. The molecule has 0 aromatic carbocycles. The molecule has 2 amide bonds. The summed E-state index contributed by atoms with van der Waals surface area (Å²) in [5.41, 5.74) is -0.624. The molecule has 3 heterocycles. The van der Waals surface area contributed by atoms with E-state index in [-0.39, 0.29) is 17.2 Å². The van der Waals surface area contributed by atoms with Crippen LogP contribution in [0.1, 0.15) is 40.0 Å². The molecule has 3 aliphatic rings. The summed E-state index contributed by atoms with van der Waals surface area (Å²) in [5.74, 6) is 0.0656. The molecule has 0 saturated carbocycles. The van der Waals surface area contributed by atoms with Gasteiger partial charge in [-0.2, -0.15) is 0 Å². The number of carbonyl (C=O) groups is 2. The Labute approximate surface area is 168 Å². The van der Waals surface area contributed by atoms with Gasteiger partial charge in [0.1, 0.15) is 0 Å². The van der Waals surface area contributed by atoms with Crippen LogP contribution in [-0.4, -0.2) is 95.7 Å². The fraction of sp³-hybridized carbons (Fsp3) is 0.810. The first-order valence-electron chi connectivity index (χ1n) is 10.5. The molecular formula is C21H35N3O4. The van der Waals surface area contributed by atoms with Gasteiger partial charge in [-0.1, -0.05) is 6.08 Å². The SMILES string of the molecule is CC(=O)N1CC2(CCN(C(=O)/C=C/CN3CCOCC3)CC2)C[C@@H](O)C1(C)C. The van der Waals surface area contributed by atoms with Gasteiger partial charge in [0.2, 0.25) is 11.8 Å². The lowest BCUT2D eigenvalue weighted by Crippen LogP contribution is -2.64. The Morgan fingerprint density at radius 3 is 2.39 bits per heavy atom. The van der Waals surface area contributed by atoms with Crippen molar-refractivity contribution in [1.29, 1.82) is 0 Å². The molecule has 0 bridgehead atoms. The molecule has 0 radical (unpaired) electrons. The monoisotopic (exact) mass is 393 g/mol. The van der Waals surface area contributed by atoms with Crippen LogP contribution in [0.15, 0.2) is 12.2 Å². The van der Waals surface area contributed by atoms with E-state index in [0.717, 1.165) is 45.7 Å². The van der Waals surface area contributed by atoms with Gasteiger partial charge in [-0.25, -0.2) is 0 Å². The molecular weight excluding hydrogens is 358 g/mol. The quantitative estimate of drug-likeness (QED) is 0.721. The van der Waals surface area contributed by atoms with Crippen LogP contribution in [0.25, 0.3) is 0 Å². The van der Waals surface area contributed by atoms with Gasteiger partial charge in [-0.15, -0.1) is 0 Å². The number of nitrogens with zero attached hydrogens (tertiary/aromatic N) is 3. The van der Waals surface area contributed by atoms with Gasteiger partial charge >= 0.3 is 0 Å². The second-order valence-electron chi connectivity index (χ2n) is 9.12. The molecule has 3 saturated heterocycles. The Morgan fingerprint density at radius 2 is 1.79 bits per heavy atom. The number of rotatable bonds is 3. The molecule has 1 N–H and O–H groups in total. The number of aliphatic hydroxyl groups excluding tert-OH is 1. The number of aliphatic hydroxyl groups is 1. The lowest BCUT2D eigenvalue weighted by molar-refractivity contribution is -0.158. The van der Waals surface area contributed by atoms with Crippen LogP contribution in [-0.2, 0) is 14.3 Å². The first-order chi connectivity index (χ1) is 13.2. The summed E-state index contributed by atoms with van der Waals surface area (Å²) < 4.78 is 5.34. The normalized spacial score (nSPS) is 28.1. The predicted octanol–water partition coefficient (Wildman–Crippen LogP) is 0.875. The van der Waals surface area contributed by atoms with E-state index in [1.165, 1.54) is 0 Å². The van der Waals surface area contributed by atoms with Crippen molar-refractivity contribution < 1.29 is 19.4 Å². The highest BCUT2D eigenvalue weighted by Gasteiger charge is 2.50. The minimum atomic E-state index is -0.541. The number of hydrogen-bond acceptors (Lipinski definition) is 5. The van der Waals surface area contributed by atoms with Crippen LogP contribution in [0.3, 0.4) is 0 Å². The van der Waals surface area contributed by atoms with Crippen molar-refractivity contribution in [2.45, 2.75) is 51.7 Å². The second kappa shape index (κ2) is 8.51. The summed E-state index contributed by atoms with van der Waals surface area (Å²) in [6.45, 7) is 11.6. The lowest BCUT2D eigenvalue weighted by Gasteiger charge is -2.55. The van der Waals surface area contributed by atoms with E-state index in [1.54, 1.807) is 13.0 Å². The number of likely N-dealkylation sites (tertiary alicyclic amines) is 2. The van der Waals surface area contributed by atoms with E-state index < -0.39 is 11.6 Å². The van der Waals surface area contributed by atoms with Gasteiger partial charge in [-0.3, -0.25) is 14.5 Å². The molecule has 0 aliphatic carbocycles. The van der Waals surface area contributed by atoms with E-state index in [1.807, 2.05) is 29.7 Å². The van der Waals surface area contributed by atoms with E-state index in [9.17, 15) is 14.7 Å². The molecule has 1 atom stereocenters. The number of hydrogen-bond donors (Lipinski definition) is 1. The van der Waals surface area contributed by atoms with Crippen molar-refractivity contribution in [3.05, 3.63) is 12.2 Å². The van der Waals surface area contributed by atoms with Crippen LogP contribution < -0.4 is 0 Å².